The van der Waals surface area contributed by atoms with Gasteiger partial charge in [-0.1, -0.05) is 29.3 Å². The number of benzene rings is 2. The minimum absolute atomic E-state index is 0.0947. The summed E-state index contributed by atoms with van der Waals surface area (Å²) in [6.07, 6.45) is -4.69. The third kappa shape index (κ3) is 5.10. The van der Waals surface area contributed by atoms with Gasteiger partial charge in [0.2, 0.25) is 5.91 Å². The van der Waals surface area contributed by atoms with Gasteiger partial charge in [0.25, 0.3) is 0 Å². The van der Waals surface area contributed by atoms with Crippen LogP contribution >= 0.6 is 23.2 Å². The summed E-state index contributed by atoms with van der Waals surface area (Å²) < 4.78 is 62.4. The number of carbonyl (C=O) groups is 1. The fourth-order valence-electron chi connectivity index (χ4n) is 1.90. The SMILES string of the molecule is O=C(CS(=O)(=O)c1cccc(C(F)(F)F)c1)Nc1ccc(Cl)cc1Cl. The van der Waals surface area contributed by atoms with Gasteiger partial charge in [-0.15, -0.1) is 0 Å². The third-order valence-electron chi connectivity index (χ3n) is 3.05. The second-order valence-electron chi connectivity index (χ2n) is 4.96. The van der Waals surface area contributed by atoms with Crippen LogP contribution in [0.5, 0.6) is 0 Å². The molecule has 10 heteroatoms. The minimum atomic E-state index is -4.69. The molecular formula is C15H10Cl2F3NO3S. The zero-order chi connectivity index (χ0) is 18.8. The van der Waals surface area contributed by atoms with Crippen molar-refractivity contribution in [3.63, 3.8) is 0 Å². The zero-order valence-electron chi connectivity index (χ0n) is 12.3. The van der Waals surface area contributed by atoms with Crippen LogP contribution in [0, 0.1) is 0 Å². The number of alkyl halides is 3. The predicted molar refractivity (Wildman–Crippen MR) is 88.6 cm³/mol. The number of sulfone groups is 1. The standard InChI is InChI=1S/C15H10Cl2F3NO3S/c16-10-4-5-13(12(17)7-10)21-14(22)8-25(23,24)11-3-1-2-9(6-11)15(18,19)20/h1-7H,8H2,(H,21,22). The van der Waals surface area contributed by atoms with Gasteiger partial charge >= 0.3 is 6.18 Å². The first-order chi connectivity index (χ1) is 11.5. The molecular weight excluding hydrogens is 402 g/mol. The largest absolute Gasteiger partial charge is 0.416 e. The van der Waals surface area contributed by atoms with Crippen LogP contribution in [-0.2, 0) is 20.8 Å². The van der Waals surface area contributed by atoms with Crippen LogP contribution < -0.4 is 5.32 Å². The highest BCUT2D eigenvalue weighted by Gasteiger charge is 2.32. The zero-order valence-corrected chi connectivity index (χ0v) is 14.6. The lowest BCUT2D eigenvalue weighted by molar-refractivity contribution is -0.137. The number of rotatable bonds is 4. The Morgan fingerprint density at radius 1 is 1.08 bits per heavy atom. The molecule has 0 aromatic heterocycles. The molecule has 2 aromatic carbocycles. The summed E-state index contributed by atoms with van der Waals surface area (Å²) >= 11 is 11.6. The van der Waals surface area contributed by atoms with Crippen LogP contribution in [0.1, 0.15) is 5.56 Å². The van der Waals surface area contributed by atoms with Crippen molar-refractivity contribution >= 4 is 44.6 Å². The Morgan fingerprint density at radius 3 is 2.36 bits per heavy atom. The summed E-state index contributed by atoms with van der Waals surface area (Å²) in [4.78, 5) is 11.3. The molecule has 25 heavy (non-hydrogen) atoms. The Kier molecular flexibility index (Phi) is 5.65. The second-order valence-corrected chi connectivity index (χ2v) is 7.79. The highest BCUT2D eigenvalue weighted by molar-refractivity contribution is 7.92. The molecule has 4 nitrogen and oxygen atoms in total. The molecule has 2 rings (SSSR count). The van der Waals surface area contributed by atoms with Gasteiger partial charge in [0.15, 0.2) is 9.84 Å². The van der Waals surface area contributed by atoms with Crippen LogP contribution in [0.3, 0.4) is 0 Å². The molecule has 0 spiro atoms. The molecule has 2 aromatic rings. The Morgan fingerprint density at radius 2 is 1.76 bits per heavy atom. The topological polar surface area (TPSA) is 63.2 Å². The second kappa shape index (κ2) is 7.23. The van der Waals surface area contributed by atoms with Gasteiger partial charge in [-0.25, -0.2) is 8.42 Å². The Balaban J connectivity index is 2.19. The van der Waals surface area contributed by atoms with Crippen molar-refractivity contribution < 1.29 is 26.4 Å². The number of hydrogen-bond acceptors (Lipinski definition) is 3. The molecule has 0 atom stereocenters. The number of amides is 1. The van der Waals surface area contributed by atoms with Gasteiger partial charge in [0, 0.05) is 5.02 Å². The van der Waals surface area contributed by atoms with E-state index in [1.807, 2.05) is 0 Å². The summed E-state index contributed by atoms with van der Waals surface area (Å²) in [5.41, 5.74) is -0.981. The molecule has 1 amide bonds. The molecule has 134 valence electrons. The summed E-state index contributed by atoms with van der Waals surface area (Å²) in [6.45, 7) is 0. The fraction of sp³-hybridized carbons (Fsp3) is 0.133. The molecule has 0 heterocycles. The van der Waals surface area contributed by atoms with E-state index in [4.69, 9.17) is 23.2 Å². The molecule has 0 aliphatic carbocycles. The Hall–Kier alpha value is -1.77. The van der Waals surface area contributed by atoms with E-state index in [1.165, 1.54) is 18.2 Å². The molecule has 0 bridgehead atoms. The molecule has 0 fully saturated rings. The third-order valence-corrected chi connectivity index (χ3v) is 5.21. The van der Waals surface area contributed by atoms with Gasteiger partial charge in [0.05, 0.1) is 21.2 Å². The number of hydrogen-bond donors (Lipinski definition) is 1. The van der Waals surface area contributed by atoms with Crippen LogP contribution in [0.25, 0.3) is 0 Å². The maximum atomic E-state index is 12.7. The van der Waals surface area contributed by atoms with Crippen molar-refractivity contribution in [2.75, 3.05) is 11.1 Å². The van der Waals surface area contributed by atoms with E-state index in [2.05, 4.69) is 5.32 Å². The smallest absolute Gasteiger partial charge is 0.324 e. The van der Waals surface area contributed by atoms with E-state index in [0.717, 1.165) is 18.2 Å². The number of carbonyl (C=O) groups excluding carboxylic acids is 1. The van der Waals surface area contributed by atoms with Crippen molar-refractivity contribution in [3.05, 3.63) is 58.1 Å². The average molecular weight is 412 g/mol. The monoisotopic (exact) mass is 411 g/mol. The van der Waals surface area contributed by atoms with Crippen LogP contribution in [0.4, 0.5) is 18.9 Å². The van der Waals surface area contributed by atoms with Crippen molar-refractivity contribution in [3.8, 4) is 0 Å². The molecule has 0 aliphatic heterocycles. The first kappa shape index (κ1) is 19.6. The van der Waals surface area contributed by atoms with Crippen molar-refractivity contribution in [2.24, 2.45) is 0 Å². The molecule has 0 unspecified atom stereocenters. The normalized spacial score (nSPS) is 12.0. The van der Waals surface area contributed by atoms with E-state index >= 15 is 0 Å². The molecule has 0 saturated carbocycles. The molecule has 0 aliphatic rings. The first-order valence-corrected chi connectivity index (χ1v) is 9.05. The number of halogens is 5. The van der Waals surface area contributed by atoms with Gasteiger partial charge < -0.3 is 5.32 Å². The lowest BCUT2D eigenvalue weighted by Gasteiger charge is -2.10. The van der Waals surface area contributed by atoms with Crippen LogP contribution in [0.2, 0.25) is 10.0 Å². The molecule has 1 N–H and O–H groups in total. The predicted octanol–water partition coefficient (Wildman–Crippen LogP) is 4.42. The quantitative estimate of drug-likeness (QED) is 0.809. The maximum absolute atomic E-state index is 12.7. The minimum Gasteiger partial charge on any atom is -0.324 e. The van der Waals surface area contributed by atoms with E-state index in [9.17, 15) is 26.4 Å². The van der Waals surface area contributed by atoms with E-state index in [0.29, 0.717) is 11.1 Å². The number of anilines is 1. The van der Waals surface area contributed by atoms with Gasteiger partial charge in [0.1, 0.15) is 5.75 Å². The fourth-order valence-corrected chi connectivity index (χ4v) is 3.53. The summed E-state index contributed by atoms with van der Waals surface area (Å²) in [5, 5.41) is 2.69. The van der Waals surface area contributed by atoms with E-state index < -0.39 is 38.1 Å². The highest BCUT2D eigenvalue weighted by atomic mass is 35.5. The summed E-state index contributed by atoms with van der Waals surface area (Å²) in [7, 11) is -4.26. The lowest BCUT2D eigenvalue weighted by atomic mass is 10.2. The van der Waals surface area contributed by atoms with Crippen LogP contribution in [0.15, 0.2) is 47.4 Å². The number of nitrogens with one attached hydrogen (secondary N) is 1. The van der Waals surface area contributed by atoms with E-state index in [1.54, 1.807) is 0 Å². The van der Waals surface area contributed by atoms with Crippen molar-refractivity contribution in [1.82, 2.24) is 0 Å². The highest BCUT2D eigenvalue weighted by Crippen LogP contribution is 2.31. The van der Waals surface area contributed by atoms with Gasteiger partial charge in [-0.05, 0) is 36.4 Å². The van der Waals surface area contributed by atoms with Crippen molar-refractivity contribution in [2.45, 2.75) is 11.1 Å². The lowest BCUT2D eigenvalue weighted by Crippen LogP contribution is -2.23. The summed E-state index contributed by atoms with van der Waals surface area (Å²) in [6, 6.07) is 7.34. The van der Waals surface area contributed by atoms with Crippen LogP contribution in [-0.4, -0.2) is 20.1 Å². The summed E-state index contributed by atoms with van der Waals surface area (Å²) in [5.74, 6) is -1.98. The molecule has 0 radical (unpaired) electrons. The molecule has 0 saturated heterocycles. The first-order valence-electron chi connectivity index (χ1n) is 6.64. The Bertz CT molecular complexity index is 914. The van der Waals surface area contributed by atoms with Gasteiger partial charge in [-0.3, -0.25) is 4.79 Å². The van der Waals surface area contributed by atoms with E-state index in [-0.39, 0.29) is 10.7 Å². The van der Waals surface area contributed by atoms with Gasteiger partial charge in [-0.2, -0.15) is 13.2 Å². The maximum Gasteiger partial charge on any atom is 0.416 e. The van der Waals surface area contributed by atoms with Crippen molar-refractivity contribution in [1.29, 1.82) is 0 Å². The average Bonchev–Trinajstić information content (AvgIpc) is 2.49. The Labute approximate surface area is 151 Å².